The van der Waals surface area contributed by atoms with E-state index >= 15 is 0 Å². The number of nitrogens with one attached hydrogen (secondary N) is 1. The highest BCUT2D eigenvalue weighted by Crippen LogP contribution is 2.52. The van der Waals surface area contributed by atoms with E-state index in [2.05, 4.69) is 17.1 Å². The molecular formula is C29H52N2O7. The van der Waals surface area contributed by atoms with Crippen LogP contribution in [0.25, 0.3) is 0 Å². The van der Waals surface area contributed by atoms with E-state index in [-0.39, 0.29) is 18.4 Å². The zero-order chi connectivity index (χ0) is 28.2. The van der Waals surface area contributed by atoms with E-state index in [4.69, 9.17) is 19.3 Å². The van der Waals surface area contributed by atoms with Gasteiger partial charge in [0.25, 0.3) is 5.91 Å². The number of nitrogens with zero attached hydrogens (tertiary/aromatic N) is 1. The first-order valence-corrected chi connectivity index (χ1v) is 14.5. The molecule has 5 atom stereocenters. The summed E-state index contributed by atoms with van der Waals surface area (Å²) in [5, 5.41) is 34.9. The number of aliphatic hydroxyl groups is 3. The number of allylic oxidation sites excluding steroid dienone is 1. The van der Waals surface area contributed by atoms with Crippen molar-refractivity contribution in [2.45, 2.75) is 122 Å². The van der Waals surface area contributed by atoms with E-state index < -0.39 is 28.6 Å². The average Bonchev–Trinajstić information content (AvgIpc) is 3.66. The van der Waals surface area contributed by atoms with Crippen molar-refractivity contribution < 1.29 is 34.3 Å². The second-order valence-corrected chi connectivity index (χ2v) is 12.6. The number of likely N-dealkylation sites (tertiary alicyclic amines) is 1. The van der Waals surface area contributed by atoms with Crippen molar-refractivity contribution in [1.82, 2.24) is 10.2 Å². The van der Waals surface area contributed by atoms with Gasteiger partial charge in [-0.05, 0) is 71.8 Å². The highest BCUT2D eigenvalue weighted by Gasteiger charge is 2.61. The van der Waals surface area contributed by atoms with Gasteiger partial charge in [-0.25, -0.2) is 0 Å². The molecule has 0 radical (unpaired) electrons. The molecule has 2 aliphatic carbocycles. The summed E-state index contributed by atoms with van der Waals surface area (Å²) in [6, 6.07) is -0.0563. The van der Waals surface area contributed by atoms with Gasteiger partial charge in [-0.15, -0.1) is 0 Å². The first-order valence-electron chi connectivity index (χ1n) is 14.5. The number of piperidine rings is 1. The van der Waals surface area contributed by atoms with Crippen LogP contribution in [0.5, 0.6) is 0 Å². The molecule has 3 rings (SSSR count). The van der Waals surface area contributed by atoms with Crippen LogP contribution in [0.4, 0.5) is 0 Å². The minimum Gasteiger partial charge on any atom is -0.486 e. The maximum atomic E-state index is 13.3. The Morgan fingerprint density at radius 2 is 1.97 bits per heavy atom. The Kier molecular flexibility index (Phi) is 10.3. The summed E-state index contributed by atoms with van der Waals surface area (Å²) >= 11 is 0. The molecule has 0 aromatic heterocycles. The topological polar surface area (TPSA) is 121 Å². The van der Waals surface area contributed by atoms with Crippen LogP contribution in [0.3, 0.4) is 0 Å². The Morgan fingerprint density at radius 3 is 2.61 bits per heavy atom. The fourth-order valence-corrected chi connectivity index (χ4v) is 6.11. The molecule has 0 aromatic carbocycles. The molecule has 38 heavy (non-hydrogen) atoms. The summed E-state index contributed by atoms with van der Waals surface area (Å²) < 4.78 is 17.8. The summed E-state index contributed by atoms with van der Waals surface area (Å²) in [7, 11) is 0. The van der Waals surface area contributed by atoms with E-state index in [9.17, 15) is 15.0 Å². The molecule has 0 spiro atoms. The third-order valence-electron chi connectivity index (χ3n) is 8.96. The van der Waals surface area contributed by atoms with Crippen molar-refractivity contribution in [3.05, 3.63) is 12.0 Å². The van der Waals surface area contributed by atoms with Gasteiger partial charge in [0.15, 0.2) is 11.9 Å². The number of hydrogen-bond acceptors (Lipinski definition) is 9. The van der Waals surface area contributed by atoms with Crippen molar-refractivity contribution in [3.63, 3.8) is 0 Å². The predicted octanol–water partition coefficient (Wildman–Crippen LogP) is 3.07. The van der Waals surface area contributed by atoms with Crippen LogP contribution in [-0.4, -0.2) is 88.1 Å². The normalized spacial score (nSPS) is 32.9. The molecule has 4 N–H and O–H groups in total. The van der Waals surface area contributed by atoms with E-state index in [1.165, 1.54) is 26.0 Å². The maximum absolute atomic E-state index is 13.3. The fourth-order valence-electron chi connectivity index (χ4n) is 6.11. The Labute approximate surface area is 228 Å². The Hall–Kier alpha value is -1.23. The minimum atomic E-state index is -1.67. The molecule has 2 saturated carbocycles. The standard InChI is InChI=1S/C29H52N2O7/c1-7-23(38-28(6,34)30-15-18-37-26(3,4)14-17-32)20-36-25-24(33)9-8-12-29(35)21(2)31(19-22-10-11-22)16-13-27(25,29)5/h20-22,25,30,32,34-35H,7-19H2,1-6H3/b23-20-/t21?,25-,27?,28?,29+/m1/s1. The van der Waals surface area contributed by atoms with Crippen LogP contribution in [0.1, 0.15) is 92.9 Å². The Bertz CT molecular complexity index is 828. The molecule has 3 fully saturated rings. The van der Waals surface area contributed by atoms with Crippen LogP contribution < -0.4 is 5.32 Å². The van der Waals surface area contributed by atoms with E-state index in [1.807, 2.05) is 27.7 Å². The number of Topliss-reactive ketones (excluding diaryl/α,β-unsaturated/α-hetero) is 1. The number of carbonyl (C=O) groups is 1. The van der Waals surface area contributed by atoms with Crippen LogP contribution in [-0.2, 0) is 19.0 Å². The maximum Gasteiger partial charge on any atom is 0.264 e. The van der Waals surface area contributed by atoms with Gasteiger partial charge in [0.1, 0.15) is 12.0 Å². The molecule has 3 aliphatic rings. The SMILES string of the molecule is CC/C(=C/O[C@@H]1C(=O)CCC[C@]2(O)C(C)N(CC3CC3)CCC12C)OC(C)(O)NCCOC(C)(C)CCO. The number of hydrogen-bond donors (Lipinski definition) is 4. The van der Waals surface area contributed by atoms with Gasteiger partial charge in [-0.3, -0.25) is 15.0 Å². The highest BCUT2D eigenvalue weighted by atomic mass is 16.6. The van der Waals surface area contributed by atoms with Crippen molar-refractivity contribution in [1.29, 1.82) is 0 Å². The lowest BCUT2D eigenvalue weighted by Gasteiger charge is -2.57. The molecule has 220 valence electrons. The van der Waals surface area contributed by atoms with E-state index in [0.29, 0.717) is 57.4 Å². The lowest BCUT2D eigenvalue weighted by molar-refractivity contribution is -0.205. The van der Waals surface area contributed by atoms with Gasteiger partial charge in [0.05, 0.1) is 17.8 Å². The molecular weight excluding hydrogens is 488 g/mol. The lowest BCUT2D eigenvalue weighted by atomic mass is 9.60. The number of fused-ring (bicyclic) bond motifs is 1. The van der Waals surface area contributed by atoms with Crippen LogP contribution in [0.2, 0.25) is 0 Å². The number of carbonyl (C=O) groups excluding carboxylic acids is 1. The first kappa shape index (κ1) is 31.3. The third-order valence-corrected chi connectivity index (χ3v) is 8.96. The Balaban J connectivity index is 1.65. The zero-order valence-electron chi connectivity index (χ0n) is 24.4. The molecule has 0 bridgehead atoms. The van der Waals surface area contributed by atoms with E-state index in [0.717, 1.165) is 19.0 Å². The number of rotatable bonds is 14. The summed E-state index contributed by atoms with van der Waals surface area (Å²) in [6.07, 6.45) is 6.43. The Morgan fingerprint density at radius 1 is 1.26 bits per heavy atom. The van der Waals surface area contributed by atoms with Gasteiger partial charge in [-0.2, -0.15) is 0 Å². The van der Waals surface area contributed by atoms with Crippen molar-refractivity contribution >= 4 is 5.78 Å². The number of aliphatic hydroxyl groups excluding tert-OH is 1. The second-order valence-electron chi connectivity index (χ2n) is 12.6. The summed E-state index contributed by atoms with van der Waals surface area (Å²) in [5.41, 5.74) is -2.22. The van der Waals surface area contributed by atoms with Gasteiger partial charge >= 0.3 is 0 Å². The van der Waals surface area contributed by atoms with Gasteiger partial charge in [0.2, 0.25) is 0 Å². The first-order chi connectivity index (χ1) is 17.8. The lowest BCUT2D eigenvalue weighted by Crippen LogP contribution is -2.68. The molecule has 0 amide bonds. The highest BCUT2D eigenvalue weighted by molar-refractivity contribution is 5.84. The number of ether oxygens (including phenoxy) is 3. The smallest absolute Gasteiger partial charge is 0.264 e. The fraction of sp³-hybridized carbons (Fsp3) is 0.897. The van der Waals surface area contributed by atoms with Gasteiger partial charge in [-0.1, -0.05) is 13.8 Å². The third kappa shape index (κ3) is 7.49. The molecule has 3 unspecified atom stereocenters. The average molecular weight is 541 g/mol. The van der Waals surface area contributed by atoms with Crippen molar-refractivity contribution in [3.8, 4) is 0 Å². The van der Waals surface area contributed by atoms with Crippen molar-refractivity contribution in [2.24, 2.45) is 11.3 Å². The molecule has 1 saturated heterocycles. The van der Waals surface area contributed by atoms with Crippen LogP contribution in [0.15, 0.2) is 12.0 Å². The van der Waals surface area contributed by atoms with Crippen molar-refractivity contribution in [2.75, 3.05) is 32.8 Å². The molecule has 1 aliphatic heterocycles. The summed E-state index contributed by atoms with van der Waals surface area (Å²) in [4.78, 5) is 15.7. The van der Waals surface area contributed by atoms with E-state index in [1.54, 1.807) is 0 Å². The van der Waals surface area contributed by atoms with Gasteiger partial charge < -0.3 is 29.5 Å². The molecule has 1 heterocycles. The van der Waals surface area contributed by atoms with Crippen LogP contribution in [0, 0.1) is 11.3 Å². The number of ketones is 1. The molecule has 0 aromatic rings. The largest absolute Gasteiger partial charge is 0.486 e. The minimum absolute atomic E-state index is 0.00509. The second kappa shape index (κ2) is 12.5. The summed E-state index contributed by atoms with van der Waals surface area (Å²) in [5.74, 6) is -0.536. The van der Waals surface area contributed by atoms with Gasteiger partial charge in [0, 0.05) is 50.9 Å². The zero-order valence-corrected chi connectivity index (χ0v) is 24.4. The van der Waals surface area contributed by atoms with Crippen LogP contribution >= 0.6 is 0 Å². The molecule has 9 nitrogen and oxygen atoms in total. The monoisotopic (exact) mass is 540 g/mol. The quantitative estimate of drug-likeness (QED) is 0.150. The summed E-state index contributed by atoms with van der Waals surface area (Å²) in [6.45, 7) is 13.9. The molecule has 9 heteroatoms. The predicted molar refractivity (Wildman–Crippen MR) is 145 cm³/mol.